The molecule has 2 N–H and O–H groups in total. The normalized spacial score (nSPS) is 11.7. The number of hydrogen-bond acceptors (Lipinski definition) is 5. The third kappa shape index (κ3) is 7.57. The van der Waals surface area contributed by atoms with Crippen LogP contribution in [0.1, 0.15) is 33.1 Å². The van der Waals surface area contributed by atoms with E-state index >= 15 is 0 Å². The van der Waals surface area contributed by atoms with Gasteiger partial charge in [0.15, 0.2) is 0 Å². The number of ether oxygens (including phenoxy) is 2. The van der Waals surface area contributed by atoms with Crippen molar-refractivity contribution in [3.05, 3.63) is 0 Å². The van der Waals surface area contributed by atoms with Crippen molar-refractivity contribution < 1.29 is 24.2 Å². The van der Waals surface area contributed by atoms with E-state index in [4.69, 9.17) is 14.6 Å². The number of aliphatic hydroxyl groups excluding tert-OH is 1. The average molecular weight is 247 g/mol. The number of carbonyl (C=O) groups is 2. The molecular formula is C11H21NO5. The van der Waals surface area contributed by atoms with Crippen molar-refractivity contribution in [1.29, 1.82) is 0 Å². The maximum absolute atomic E-state index is 11.4. The van der Waals surface area contributed by atoms with Gasteiger partial charge in [0.2, 0.25) is 0 Å². The molecule has 0 radical (unpaired) electrons. The Morgan fingerprint density at radius 2 is 2.00 bits per heavy atom. The number of hydrogen-bond donors (Lipinski definition) is 2. The van der Waals surface area contributed by atoms with Gasteiger partial charge >= 0.3 is 12.1 Å². The Kier molecular flexibility index (Phi) is 9.14. The molecule has 0 aliphatic carbocycles. The van der Waals surface area contributed by atoms with E-state index in [1.54, 1.807) is 6.92 Å². The summed E-state index contributed by atoms with van der Waals surface area (Å²) in [5, 5.41) is 11.1. The summed E-state index contributed by atoms with van der Waals surface area (Å²) in [6.07, 6.45) is 1.15. The lowest BCUT2D eigenvalue weighted by molar-refractivity contribution is -0.145. The van der Waals surface area contributed by atoms with Crippen LogP contribution in [0.5, 0.6) is 0 Å². The maximum Gasteiger partial charge on any atom is 0.407 e. The van der Waals surface area contributed by atoms with Gasteiger partial charge in [-0.05, 0) is 13.3 Å². The van der Waals surface area contributed by atoms with E-state index in [1.165, 1.54) is 0 Å². The fourth-order valence-corrected chi connectivity index (χ4v) is 1.11. The van der Waals surface area contributed by atoms with Crippen molar-refractivity contribution in [2.75, 3.05) is 19.8 Å². The van der Waals surface area contributed by atoms with Gasteiger partial charge in [0, 0.05) is 13.0 Å². The Morgan fingerprint density at radius 3 is 2.53 bits per heavy atom. The van der Waals surface area contributed by atoms with Crippen LogP contribution < -0.4 is 5.32 Å². The number of amides is 1. The SMILES string of the molecule is CCCCOC(=O)NC(CCO)C(=O)OCC. The van der Waals surface area contributed by atoms with E-state index in [9.17, 15) is 9.59 Å². The van der Waals surface area contributed by atoms with Crippen molar-refractivity contribution in [2.24, 2.45) is 0 Å². The average Bonchev–Trinajstić information content (AvgIpc) is 2.29. The van der Waals surface area contributed by atoms with E-state index < -0.39 is 18.1 Å². The number of rotatable bonds is 8. The zero-order valence-corrected chi connectivity index (χ0v) is 10.4. The molecule has 0 aromatic heterocycles. The lowest BCUT2D eigenvalue weighted by atomic mass is 10.2. The molecular weight excluding hydrogens is 226 g/mol. The fourth-order valence-electron chi connectivity index (χ4n) is 1.11. The van der Waals surface area contributed by atoms with Crippen LogP contribution in [0.25, 0.3) is 0 Å². The van der Waals surface area contributed by atoms with Crippen LogP contribution in [0.4, 0.5) is 4.79 Å². The summed E-state index contributed by atoms with van der Waals surface area (Å²) in [5.74, 6) is -0.561. The minimum absolute atomic E-state index is 0.113. The first-order valence-electron chi connectivity index (χ1n) is 5.86. The van der Waals surface area contributed by atoms with Gasteiger partial charge in [0.1, 0.15) is 6.04 Å². The molecule has 0 aliphatic rings. The Balaban J connectivity index is 4.05. The molecule has 0 aliphatic heterocycles. The van der Waals surface area contributed by atoms with Gasteiger partial charge in [0.05, 0.1) is 13.2 Å². The third-order valence-electron chi connectivity index (χ3n) is 2.01. The second-order valence-electron chi connectivity index (χ2n) is 3.45. The summed E-state index contributed by atoms with van der Waals surface area (Å²) >= 11 is 0. The van der Waals surface area contributed by atoms with Crippen molar-refractivity contribution in [2.45, 2.75) is 39.2 Å². The van der Waals surface area contributed by atoms with Crippen molar-refractivity contribution in [3.8, 4) is 0 Å². The molecule has 0 saturated heterocycles. The number of aliphatic hydroxyl groups is 1. The van der Waals surface area contributed by atoms with Crippen LogP contribution in [0.3, 0.4) is 0 Å². The highest BCUT2D eigenvalue weighted by molar-refractivity contribution is 5.81. The van der Waals surface area contributed by atoms with Gasteiger partial charge in [-0.3, -0.25) is 0 Å². The molecule has 0 spiro atoms. The minimum atomic E-state index is -0.853. The van der Waals surface area contributed by atoms with Crippen LogP contribution in [0.2, 0.25) is 0 Å². The third-order valence-corrected chi connectivity index (χ3v) is 2.01. The van der Waals surface area contributed by atoms with Crippen LogP contribution in [0.15, 0.2) is 0 Å². The second-order valence-corrected chi connectivity index (χ2v) is 3.45. The van der Waals surface area contributed by atoms with Gasteiger partial charge in [-0.25, -0.2) is 9.59 Å². The molecule has 0 aromatic carbocycles. The van der Waals surface area contributed by atoms with Crippen molar-refractivity contribution in [3.63, 3.8) is 0 Å². The fraction of sp³-hybridized carbons (Fsp3) is 0.818. The van der Waals surface area contributed by atoms with Gasteiger partial charge in [-0.1, -0.05) is 13.3 Å². The van der Waals surface area contributed by atoms with Crippen LogP contribution in [-0.4, -0.2) is 43.0 Å². The number of nitrogens with one attached hydrogen (secondary N) is 1. The van der Waals surface area contributed by atoms with E-state index in [0.29, 0.717) is 6.61 Å². The molecule has 1 unspecified atom stereocenters. The zero-order valence-electron chi connectivity index (χ0n) is 10.4. The van der Waals surface area contributed by atoms with Crippen LogP contribution in [-0.2, 0) is 14.3 Å². The Morgan fingerprint density at radius 1 is 1.29 bits per heavy atom. The highest BCUT2D eigenvalue weighted by atomic mass is 16.6. The number of esters is 1. The standard InChI is InChI=1S/C11H21NO5/c1-3-5-8-17-11(15)12-9(6-7-13)10(14)16-4-2/h9,13H,3-8H2,1-2H3,(H,12,15). The molecule has 1 amide bonds. The Labute approximate surface area is 101 Å². The first-order valence-corrected chi connectivity index (χ1v) is 5.86. The number of carbonyl (C=O) groups excluding carboxylic acids is 2. The zero-order chi connectivity index (χ0) is 13.1. The summed E-state index contributed by atoms with van der Waals surface area (Å²) in [7, 11) is 0. The monoisotopic (exact) mass is 247 g/mol. The Hall–Kier alpha value is -1.30. The molecule has 6 nitrogen and oxygen atoms in total. The van der Waals surface area contributed by atoms with Crippen molar-refractivity contribution >= 4 is 12.1 Å². The lowest BCUT2D eigenvalue weighted by Gasteiger charge is -2.15. The molecule has 0 rings (SSSR count). The predicted molar refractivity (Wildman–Crippen MR) is 61.5 cm³/mol. The molecule has 1 atom stereocenters. The molecule has 0 bridgehead atoms. The van der Waals surface area contributed by atoms with Crippen LogP contribution in [0, 0.1) is 0 Å². The molecule has 100 valence electrons. The quantitative estimate of drug-likeness (QED) is 0.490. The molecule has 0 fully saturated rings. The van der Waals surface area contributed by atoms with E-state index in [1.807, 2.05) is 6.92 Å². The van der Waals surface area contributed by atoms with Gasteiger partial charge in [0.25, 0.3) is 0 Å². The number of alkyl carbamates (subject to hydrolysis) is 1. The largest absolute Gasteiger partial charge is 0.464 e. The minimum Gasteiger partial charge on any atom is -0.464 e. The smallest absolute Gasteiger partial charge is 0.407 e. The first kappa shape index (κ1) is 15.7. The molecule has 0 aromatic rings. The lowest BCUT2D eigenvalue weighted by Crippen LogP contribution is -2.42. The van der Waals surface area contributed by atoms with Gasteiger partial charge in [-0.15, -0.1) is 0 Å². The molecule has 6 heteroatoms. The number of unbranched alkanes of at least 4 members (excludes halogenated alkanes) is 1. The first-order chi connectivity index (χ1) is 8.15. The Bertz CT molecular complexity index is 232. The highest BCUT2D eigenvalue weighted by Crippen LogP contribution is 1.97. The van der Waals surface area contributed by atoms with E-state index in [0.717, 1.165) is 12.8 Å². The molecule has 0 heterocycles. The maximum atomic E-state index is 11.4. The molecule has 0 saturated carbocycles. The van der Waals surface area contributed by atoms with Gasteiger partial charge in [-0.2, -0.15) is 0 Å². The highest BCUT2D eigenvalue weighted by Gasteiger charge is 2.21. The summed E-state index contributed by atoms with van der Waals surface area (Å²) in [5.41, 5.74) is 0. The summed E-state index contributed by atoms with van der Waals surface area (Å²) < 4.78 is 9.61. The summed E-state index contributed by atoms with van der Waals surface area (Å²) in [6.45, 7) is 3.99. The summed E-state index contributed by atoms with van der Waals surface area (Å²) in [4.78, 5) is 22.7. The van der Waals surface area contributed by atoms with Crippen molar-refractivity contribution in [1.82, 2.24) is 5.32 Å². The van der Waals surface area contributed by atoms with E-state index in [2.05, 4.69) is 5.32 Å². The predicted octanol–water partition coefficient (Wildman–Crippen LogP) is 0.827. The topological polar surface area (TPSA) is 84.9 Å². The van der Waals surface area contributed by atoms with Gasteiger partial charge < -0.3 is 19.9 Å². The second kappa shape index (κ2) is 9.89. The summed E-state index contributed by atoms with van der Waals surface area (Å²) in [6, 6.07) is -0.853. The van der Waals surface area contributed by atoms with Crippen LogP contribution >= 0.6 is 0 Å². The molecule has 17 heavy (non-hydrogen) atoms. The van der Waals surface area contributed by atoms with E-state index in [-0.39, 0.29) is 19.6 Å².